The molecule has 0 fully saturated rings. The van der Waals surface area contributed by atoms with Gasteiger partial charge in [-0.15, -0.1) is 0 Å². The maximum Gasteiger partial charge on any atom is 0.418 e. The van der Waals surface area contributed by atoms with E-state index in [9.17, 15) is 26.4 Å². The van der Waals surface area contributed by atoms with Crippen molar-refractivity contribution in [3.8, 4) is 0 Å². The number of amides is 1. The van der Waals surface area contributed by atoms with Crippen molar-refractivity contribution in [2.45, 2.75) is 24.9 Å². The van der Waals surface area contributed by atoms with Crippen molar-refractivity contribution >= 4 is 21.6 Å². The van der Waals surface area contributed by atoms with Crippen molar-refractivity contribution in [1.82, 2.24) is 14.5 Å². The topological polar surface area (TPSA) is 95.2 Å². The molecule has 1 aromatic heterocycles. The van der Waals surface area contributed by atoms with Crippen LogP contribution in [0.4, 0.5) is 18.9 Å². The molecular formula is C15H17F3N4O3S. The number of hydrogen-bond acceptors (Lipinski definition) is 4. The van der Waals surface area contributed by atoms with Crippen molar-refractivity contribution in [2.75, 3.05) is 18.9 Å². The van der Waals surface area contributed by atoms with Crippen LogP contribution in [-0.2, 0) is 21.0 Å². The summed E-state index contributed by atoms with van der Waals surface area (Å²) in [5.41, 5.74) is -0.916. The van der Waals surface area contributed by atoms with E-state index in [2.05, 4.69) is 15.5 Å². The van der Waals surface area contributed by atoms with Crippen molar-refractivity contribution in [3.05, 3.63) is 41.2 Å². The average Bonchev–Trinajstić information content (AvgIpc) is 2.86. The molecule has 2 N–H and O–H groups in total. The summed E-state index contributed by atoms with van der Waals surface area (Å²) in [5, 5.41) is 8.43. The second kappa shape index (κ2) is 7.08. The molecule has 0 bridgehead atoms. The summed E-state index contributed by atoms with van der Waals surface area (Å²) >= 11 is 0. The number of benzene rings is 1. The Hall–Kier alpha value is -2.40. The van der Waals surface area contributed by atoms with Crippen LogP contribution >= 0.6 is 0 Å². The molecule has 0 aliphatic rings. The monoisotopic (exact) mass is 390 g/mol. The van der Waals surface area contributed by atoms with Crippen LogP contribution in [0.3, 0.4) is 0 Å². The molecule has 0 radical (unpaired) electrons. The van der Waals surface area contributed by atoms with Crippen LogP contribution in [0.5, 0.6) is 0 Å². The number of nitrogens with zero attached hydrogens (tertiary/aromatic N) is 2. The molecule has 1 heterocycles. The Labute approximate surface area is 148 Å². The summed E-state index contributed by atoms with van der Waals surface area (Å²) in [6.45, 7) is 2.35. The Morgan fingerprint density at radius 3 is 2.42 bits per heavy atom. The lowest BCUT2D eigenvalue weighted by Crippen LogP contribution is -2.35. The maximum absolute atomic E-state index is 13.0. The number of rotatable bonds is 5. The van der Waals surface area contributed by atoms with Gasteiger partial charge in [0.1, 0.15) is 4.90 Å². The normalized spacial score (nSPS) is 12.4. The molecule has 0 aliphatic heterocycles. The van der Waals surface area contributed by atoms with Gasteiger partial charge in [0, 0.05) is 7.05 Å². The van der Waals surface area contributed by atoms with Crippen molar-refractivity contribution < 1.29 is 26.4 Å². The number of likely N-dealkylation sites (N-methyl/N-ethyl adjacent to an activating group) is 1. The standard InChI is InChI=1S/C15H17F3N4O3S/c1-9-14(10(2)21-20-9)26(24,25)22(3)8-13(23)19-12-7-5-4-6-11(12)15(16,17)18/h4-7H,8H2,1-3H3,(H,19,23)(H,20,21). The molecule has 0 spiro atoms. The lowest BCUT2D eigenvalue weighted by atomic mass is 10.1. The maximum atomic E-state index is 13.0. The van der Waals surface area contributed by atoms with Crippen molar-refractivity contribution in [1.29, 1.82) is 0 Å². The molecule has 11 heteroatoms. The van der Waals surface area contributed by atoms with E-state index in [4.69, 9.17) is 0 Å². The molecule has 0 unspecified atom stereocenters. The predicted molar refractivity (Wildman–Crippen MR) is 88.0 cm³/mol. The van der Waals surface area contributed by atoms with Gasteiger partial charge in [0.05, 0.1) is 29.2 Å². The molecule has 0 aliphatic carbocycles. The molecule has 1 aromatic carbocycles. The molecule has 1 amide bonds. The fourth-order valence-corrected chi connectivity index (χ4v) is 3.84. The fourth-order valence-electron chi connectivity index (χ4n) is 2.39. The van der Waals surface area contributed by atoms with E-state index in [0.29, 0.717) is 5.69 Å². The van der Waals surface area contributed by atoms with Crippen LogP contribution < -0.4 is 5.32 Å². The first-order chi connectivity index (χ1) is 11.9. The molecule has 142 valence electrons. The third-order valence-corrected chi connectivity index (χ3v) is 5.67. The number of alkyl halides is 3. The van der Waals surface area contributed by atoms with E-state index in [1.54, 1.807) is 0 Å². The number of hydrogen-bond donors (Lipinski definition) is 2. The van der Waals surface area contributed by atoms with E-state index >= 15 is 0 Å². The smallest absolute Gasteiger partial charge is 0.324 e. The highest BCUT2D eigenvalue weighted by Gasteiger charge is 2.34. The summed E-state index contributed by atoms with van der Waals surface area (Å²) in [6.07, 6.45) is -4.65. The van der Waals surface area contributed by atoms with Gasteiger partial charge >= 0.3 is 6.18 Å². The highest BCUT2D eigenvalue weighted by molar-refractivity contribution is 7.89. The molecule has 7 nitrogen and oxygen atoms in total. The zero-order valence-corrected chi connectivity index (χ0v) is 15.0. The number of H-pyrrole nitrogens is 1. The SMILES string of the molecule is Cc1n[nH]c(C)c1S(=O)(=O)N(C)CC(=O)Nc1ccccc1C(F)(F)F. The third kappa shape index (κ3) is 4.05. The summed E-state index contributed by atoms with van der Waals surface area (Å²) < 4.78 is 64.7. The number of aryl methyl sites for hydroxylation is 2. The highest BCUT2D eigenvalue weighted by Crippen LogP contribution is 2.34. The van der Waals surface area contributed by atoms with E-state index in [-0.39, 0.29) is 10.6 Å². The molecule has 0 saturated heterocycles. The van der Waals surface area contributed by atoms with Gasteiger partial charge in [0.25, 0.3) is 0 Å². The largest absolute Gasteiger partial charge is 0.418 e. The molecule has 0 atom stereocenters. The quantitative estimate of drug-likeness (QED) is 0.819. The van der Waals surface area contributed by atoms with Crippen LogP contribution in [0.2, 0.25) is 0 Å². The summed E-state index contributed by atoms with van der Waals surface area (Å²) in [6, 6.07) is 4.46. The first-order valence-corrected chi connectivity index (χ1v) is 8.82. The second-order valence-corrected chi connectivity index (χ2v) is 7.60. The lowest BCUT2D eigenvalue weighted by molar-refractivity contribution is -0.137. The van der Waals surface area contributed by atoms with E-state index < -0.39 is 39.9 Å². The van der Waals surface area contributed by atoms with E-state index in [1.807, 2.05) is 0 Å². The van der Waals surface area contributed by atoms with Gasteiger partial charge in [-0.25, -0.2) is 8.42 Å². The van der Waals surface area contributed by atoms with Crippen LogP contribution in [0.1, 0.15) is 17.0 Å². The minimum atomic E-state index is -4.65. The molecule has 2 aromatic rings. The van der Waals surface area contributed by atoms with Gasteiger partial charge in [-0.1, -0.05) is 12.1 Å². The van der Waals surface area contributed by atoms with Gasteiger partial charge in [0.2, 0.25) is 15.9 Å². The molecule has 0 saturated carbocycles. The number of sulfonamides is 1. The molecule has 2 rings (SSSR count). The Kier molecular flexibility index (Phi) is 5.42. The zero-order valence-electron chi connectivity index (χ0n) is 14.2. The van der Waals surface area contributed by atoms with Gasteiger partial charge in [0.15, 0.2) is 0 Å². The number of halogens is 3. The highest BCUT2D eigenvalue weighted by atomic mass is 32.2. The predicted octanol–water partition coefficient (Wildman–Crippen LogP) is 2.30. The lowest BCUT2D eigenvalue weighted by Gasteiger charge is -2.18. The van der Waals surface area contributed by atoms with Crippen LogP contribution in [-0.4, -0.2) is 42.4 Å². The average molecular weight is 390 g/mol. The Morgan fingerprint density at radius 2 is 1.88 bits per heavy atom. The van der Waals surface area contributed by atoms with E-state index in [1.165, 1.54) is 26.0 Å². The van der Waals surface area contributed by atoms with Gasteiger partial charge in [-0.05, 0) is 26.0 Å². The number of aromatic nitrogens is 2. The van der Waals surface area contributed by atoms with E-state index in [0.717, 1.165) is 23.5 Å². The minimum Gasteiger partial charge on any atom is -0.324 e. The second-order valence-electron chi connectivity index (χ2n) is 5.62. The van der Waals surface area contributed by atoms with Crippen LogP contribution in [0.25, 0.3) is 0 Å². The Balaban J connectivity index is 2.19. The summed E-state index contributed by atoms with van der Waals surface area (Å²) in [7, 11) is -2.86. The van der Waals surface area contributed by atoms with Gasteiger partial charge in [-0.3, -0.25) is 9.89 Å². The van der Waals surface area contributed by atoms with Crippen LogP contribution in [0, 0.1) is 13.8 Å². The number of aromatic amines is 1. The first kappa shape index (κ1) is 19.9. The third-order valence-electron chi connectivity index (χ3n) is 3.60. The molecular weight excluding hydrogens is 373 g/mol. The number of para-hydroxylation sites is 1. The van der Waals surface area contributed by atoms with Crippen molar-refractivity contribution in [2.24, 2.45) is 0 Å². The minimum absolute atomic E-state index is 0.0662. The number of carbonyl (C=O) groups is 1. The zero-order chi connectivity index (χ0) is 19.7. The van der Waals surface area contributed by atoms with Gasteiger partial charge in [-0.2, -0.15) is 22.6 Å². The summed E-state index contributed by atoms with van der Waals surface area (Å²) in [4.78, 5) is 12.0. The number of nitrogens with one attached hydrogen (secondary N) is 2. The van der Waals surface area contributed by atoms with Crippen LogP contribution in [0.15, 0.2) is 29.2 Å². The van der Waals surface area contributed by atoms with Gasteiger partial charge < -0.3 is 5.32 Å². The number of anilines is 1. The molecule has 26 heavy (non-hydrogen) atoms. The Bertz CT molecular complexity index is 903. The Morgan fingerprint density at radius 1 is 1.27 bits per heavy atom. The van der Waals surface area contributed by atoms with Crippen molar-refractivity contribution in [3.63, 3.8) is 0 Å². The number of carbonyl (C=O) groups excluding carboxylic acids is 1. The fraction of sp³-hybridized carbons (Fsp3) is 0.333. The summed E-state index contributed by atoms with van der Waals surface area (Å²) in [5.74, 6) is -0.897. The first-order valence-electron chi connectivity index (χ1n) is 7.38.